The molecule has 2 rings (SSSR count). The molecule has 0 saturated heterocycles. The second-order valence-corrected chi connectivity index (χ2v) is 5.23. The van der Waals surface area contributed by atoms with E-state index < -0.39 is 23.7 Å². The minimum atomic E-state index is -0.782. The third kappa shape index (κ3) is 3.22. The first-order chi connectivity index (χ1) is 11.0. The molecule has 0 bridgehead atoms. The van der Waals surface area contributed by atoms with Gasteiger partial charge in [-0.1, -0.05) is 24.3 Å². The van der Waals surface area contributed by atoms with E-state index in [9.17, 15) is 14.4 Å². The molecule has 0 aliphatic carbocycles. The van der Waals surface area contributed by atoms with Gasteiger partial charge in [-0.25, -0.2) is 0 Å². The van der Waals surface area contributed by atoms with Crippen molar-refractivity contribution in [1.29, 1.82) is 0 Å². The number of esters is 1. The van der Waals surface area contributed by atoms with E-state index in [0.29, 0.717) is 16.7 Å². The number of benzene rings is 1. The minimum absolute atomic E-state index is 0.0875. The molecule has 0 N–H and O–H groups in total. The highest BCUT2D eigenvalue weighted by atomic mass is 32.1. The van der Waals surface area contributed by atoms with Crippen LogP contribution in [0.1, 0.15) is 27.6 Å². The van der Waals surface area contributed by atoms with E-state index in [0.717, 1.165) is 4.90 Å². The van der Waals surface area contributed by atoms with Gasteiger partial charge in [0, 0.05) is 6.54 Å². The molecule has 1 aliphatic heterocycles. The Morgan fingerprint density at radius 2 is 1.83 bits per heavy atom. The van der Waals surface area contributed by atoms with Crippen LogP contribution in [0.2, 0.25) is 0 Å². The van der Waals surface area contributed by atoms with Gasteiger partial charge in [-0.15, -0.1) is 0 Å². The minimum Gasteiger partial charge on any atom is -0.468 e. The monoisotopic (exact) mass is 331 g/mol. The van der Waals surface area contributed by atoms with E-state index >= 15 is 0 Å². The number of hydrogen-bond acceptors (Lipinski definition) is 5. The molecule has 1 aromatic carbocycles. The zero-order valence-corrected chi connectivity index (χ0v) is 13.7. The average molecular weight is 331 g/mol. The number of thiol groups is 1. The Hall–Kier alpha value is -2.34. The molecule has 2 amide bonds. The number of allylic oxidation sites excluding steroid dienone is 2. The first-order valence-electron chi connectivity index (χ1n) is 7.05. The number of nitrogens with zero attached hydrogens (tertiary/aromatic N) is 1. The maximum Gasteiger partial charge on any atom is 0.314 e. The zero-order valence-electron chi connectivity index (χ0n) is 12.9. The summed E-state index contributed by atoms with van der Waals surface area (Å²) in [7, 11) is 1.27. The van der Waals surface area contributed by atoms with E-state index in [1.54, 1.807) is 43.3 Å². The Balaban J connectivity index is 2.33. The summed E-state index contributed by atoms with van der Waals surface area (Å²) in [4.78, 5) is 38.0. The number of imide groups is 1. The Kier molecular flexibility index (Phi) is 5.39. The summed E-state index contributed by atoms with van der Waals surface area (Å²) in [6, 6.07) is 6.60. The predicted octanol–water partition coefficient (Wildman–Crippen LogP) is 2.46. The van der Waals surface area contributed by atoms with Crippen molar-refractivity contribution < 1.29 is 19.1 Å². The molecule has 0 spiro atoms. The topological polar surface area (TPSA) is 63.7 Å². The van der Waals surface area contributed by atoms with Crippen molar-refractivity contribution in [1.82, 2.24) is 4.90 Å². The molecule has 0 saturated carbocycles. The van der Waals surface area contributed by atoms with Gasteiger partial charge in [-0.2, -0.15) is 12.6 Å². The maximum atomic E-state index is 12.4. The highest BCUT2D eigenvalue weighted by molar-refractivity contribution is 7.83. The summed E-state index contributed by atoms with van der Waals surface area (Å²) >= 11 is 4.10. The van der Waals surface area contributed by atoms with Gasteiger partial charge in [-0.05, 0) is 30.0 Å². The van der Waals surface area contributed by atoms with E-state index in [2.05, 4.69) is 12.6 Å². The molecule has 5 nitrogen and oxygen atoms in total. The lowest BCUT2D eigenvalue weighted by Gasteiger charge is -2.21. The van der Waals surface area contributed by atoms with Gasteiger partial charge in [0.25, 0.3) is 11.8 Å². The van der Waals surface area contributed by atoms with Gasteiger partial charge in [-0.3, -0.25) is 19.3 Å². The Labute approximate surface area is 140 Å². The lowest BCUT2D eigenvalue weighted by molar-refractivity contribution is -0.144. The van der Waals surface area contributed by atoms with Crippen LogP contribution in [0.4, 0.5) is 0 Å². The molecule has 0 fully saturated rings. The first-order valence-corrected chi connectivity index (χ1v) is 7.56. The summed E-state index contributed by atoms with van der Waals surface area (Å²) in [5, 5.41) is 1.47. The molecule has 6 heteroatoms. The number of fused-ring (bicyclic) bond motifs is 1. The van der Waals surface area contributed by atoms with Crippen LogP contribution < -0.4 is 0 Å². The summed E-state index contributed by atoms with van der Waals surface area (Å²) in [6.45, 7) is 1.71. The lowest BCUT2D eigenvalue weighted by Crippen LogP contribution is -2.38. The molecule has 1 atom stereocenters. The van der Waals surface area contributed by atoms with Crippen LogP contribution in [0.15, 0.2) is 47.4 Å². The van der Waals surface area contributed by atoms with Crippen molar-refractivity contribution in [3.05, 3.63) is 58.5 Å². The second-order valence-electron chi connectivity index (χ2n) is 4.97. The lowest BCUT2D eigenvalue weighted by atomic mass is 9.99. The molecule has 1 aromatic rings. The Morgan fingerprint density at radius 1 is 1.26 bits per heavy atom. The zero-order chi connectivity index (χ0) is 17.0. The second kappa shape index (κ2) is 7.28. The molecule has 0 aromatic heterocycles. The number of carbonyl (C=O) groups excluding carboxylic acids is 3. The third-order valence-electron chi connectivity index (χ3n) is 3.64. The van der Waals surface area contributed by atoms with Gasteiger partial charge in [0.2, 0.25) is 0 Å². The standard InChI is InChI=1S/C17H17NO4S/c1-3-6-11(10-23)14(17(21)22-2)9-18-15(19)12-7-4-5-8-13(12)16(18)20/h3-8,10,14,23H,9H2,1-2H3/b6-3-,11-10+. The Morgan fingerprint density at radius 3 is 2.26 bits per heavy atom. The van der Waals surface area contributed by atoms with Gasteiger partial charge in [0.05, 0.1) is 18.2 Å². The van der Waals surface area contributed by atoms with E-state index in [-0.39, 0.29) is 6.54 Å². The summed E-state index contributed by atoms with van der Waals surface area (Å²) in [5.41, 5.74) is 1.27. The number of methoxy groups -OCH3 is 1. The summed E-state index contributed by atoms with van der Waals surface area (Å²) in [5.74, 6) is -2.12. The summed E-state index contributed by atoms with van der Waals surface area (Å²) < 4.78 is 4.80. The highest BCUT2D eigenvalue weighted by Gasteiger charge is 2.38. The molecular weight excluding hydrogens is 314 g/mol. The molecule has 23 heavy (non-hydrogen) atoms. The normalized spacial score (nSPS) is 16.0. The fourth-order valence-corrected chi connectivity index (χ4v) is 2.75. The molecular formula is C17H17NO4S. The van der Waals surface area contributed by atoms with Crippen molar-refractivity contribution in [2.24, 2.45) is 5.92 Å². The molecule has 1 unspecified atom stereocenters. The molecule has 0 radical (unpaired) electrons. The first kappa shape index (κ1) is 17.0. The maximum absolute atomic E-state index is 12.4. The average Bonchev–Trinajstić information content (AvgIpc) is 2.82. The number of rotatable bonds is 5. The van der Waals surface area contributed by atoms with E-state index in [1.807, 2.05) is 0 Å². The third-order valence-corrected chi connectivity index (χ3v) is 3.94. The van der Waals surface area contributed by atoms with Crippen molar-refractivity contribution in [3.63, 3.8) is 0 Å². The van der Waals surface area contributed by atoms with Crippen molar-refractivity contribution >= 4 is 30.4 Å². The largest absolute Gasteiger partial charge is 0.468 e. The van der Waals surface area contributed by atoms with Crippen molar-refractivity contribution in [2.45, 2.75) is 6.92 Å². The van der Waals surface area contributed by atoms with Gasteiger partial charge in [0.15, 0.2) is 0 Å². The number of ether oxygens (including phenoxy) is 1. The molecule has 120 valence electrons. The highest BCUT2D eigenvalue weighted by Crippen LogP contribution is 2.26. The van der Waals surface area contributed by atoms with Crippen LogP contribution in [-0.2, 0) is 9.53 Å². The number of amides is 2. The van der Waals surface area contributed by atoms with Gasteiger partial charge < -0.3 is 4.74 Å². The van der Waals surface area contributed by atoms with Crippen LogP contribution in [0.5, 0.6) is 0 Å². The van der Waals surface area contributed by atoms with Crippen LogP contribution in [-0.4, -0.2) is 36.3 Å². The van der Waals surface area contributed by atoms with Gasteiger partial charge in [0.1, 0.15) is 5.92 Å². The van der Waals surface area contributed by atoms with Gasteiger partial charge >= 0.3 is 5.97 Å². The fraction of sp³-hybridized carbons (Fsp3) is 0.235. The smallest absolute Gasteiger partial charge is 0.314 e. The Bertz CT molecular complexity index is 673. The number of carbonyl (C=O) groups is 3. The molecule has 1 aliphatic rings. The van der Waals surface area contributed by atoms with Crippen molar-refractivity contribution in [3.8, 4) is 0 Å². The van der Waals surface area contributed by atoms with Crippen LogP contribution in [0.3, 0.4) is 0 Å². The fourth-order valence-electron chi connectivity index (χ4n) is 2.49. The van der Waals surface area contributed by atoms with Crippen LogP contribution in [0, 0.1) is 5.92 Å². The predicted molar refractivity (Wildman–Crippen MR) is 89.2 cm³/mol. The molecule has 1 heterocycles. The van der Waals surface area contributed by atoms with E-state index in [1.165, 1.54) is 12.5 Å². The summed E-state index contributed by atoms with van der Waals surface area (Å²) in [6.07, 6.45) is 3.45. The SMILES string of the molecule is C/C=C\C(=C/S)C(CN1C(=O)c2ccccc2C1=O)C(=O)OC. The van der Waals surface area contributed by atoms with Crippen LogP contribution >= 0.6 is 12.6 Å². The number of hydrogen-bond donors (Lipinski definition) is 1. The van der Waals surface area contributed by atoms with Crippen LogP contribution in [0.25, 0.3) is 0 Å². The van der Waals surface area contributed by atoms with Crippen molar-refractivity contribution in [2.75, 3.05) is 13.7 Å². The van der Waals surface area contributed by atoms with E-state index in [4.69, 9.17) is 4.74 Å². The quantitative estimate of drug-likeness (QED) is 0.390.